The van der Waals surface area contributed by atoms with E-state index >= 15 is 0 Å². The Bertz CT molecular complexity index is 707. The van der Waals surface area contributed by atoms with Gasteiger partial charge in [-0.05, 0) is 35.2 Å². The Kier molecular flexibility index (Phi) is 4.34. The lowest BCUT2D eigenvalue weighted by atomic mass is 9.96. The average molecular weight is 337 g/mol. The van der Waals surface area contributed by atoms with E-state index in [4.69, 9.17) is 23.2 Å². The number of aliphatic carboxylic acids is 1. The minimum Gasteiger partial charge on any atom is -0.480 e. The number of hydrogen-bond donors (Lipinski definition) is 1. The Labute approximate surface area is 138 Å². The van der Waals surface area contributed by atoms with Gasteiger partial charge in [0.15, 0.2) is 0 Å². The lowest BCUT2D eigenvalue weighted by Crippen LogP contribution is -2.38. The van der Waals surface area contributed by atoms with Crippen molar-refractivity contribution in [3.63, 3.8) is 0 Å². The van der Waals surface area contributed by atoms with Gasteiger partial charge in [0, 0.05) is 25.5 Å². The lowest BCUT2D eigenvalue weighted by Gasteiger charge is -2.34. The second-order valence-electron chi connectivity index (χ2n) is 5.25. The lowest BCUT2D eigenvalue weighted by molar-refractivity contribution is -0.144. The summed E-state index contributed by atoms with van der Waals surface area (Å²) in [7, 11) is 0. The number of rotatable bonds is 3. The molecule has 114 valence electrons. The van der Waals surface area contributed by atoms with Gasteiger partial charge in [-0.15, -0.1) is 0 Å². The van der Waals surface area contributed by atoms with Gasteiger partial charge in [0.2, 0.25) is 0 Å². The minimum absolute atomic E-state index is 0.459. The van der Waals surface area contributed by atoms with E-state index in [1.165, 1.54) is 0 Å². The van der Waals surface area contributed by atoms with Crippen LogP contribution in [-0.2, 0) is 17.8 Å². The maximum absolute atomic E-state index is 11.7. The van der Waals surface area contributed by atoms with E-state index in [2.05, 4.69) is 4.98 Å². The van der Waals surface area contributed by atoms with E-state index in [9.17, 15) is 9.90 Å². The average Bonchev–Trinajstić information content (AvgIpc) is 2.52. The van der Waals surface area contributed by atoms with Crippen LogP contribution in [0.2, 0.25) is 10.0 Å². The summed E-state index contributed by atoms with van der Waals surface area (Å²) in [5.74, 6) is -0.894. The fraction of sp³-hybridized carbons (Fsp3) is 0.250. The van der Waals surface area contributed by atoms with Gasteiger partial charge in [-0.1, -0.05) is 35.3 Å². The zero-order chi connectivity index (χ0) is 15.7. The first kappa shape index (κ1) is 15.3. The van der Waals surface area contributed by atoms with Crippen molar-refractivity contribution in [2.45, 2.75) is 19.0 Å². The molecule has 3 rings (SSSR count). The molecule has 0 saturated heterocycles. The number of pyridine rings is 1. The zero-order valence-corrected chi connectivity index (χ0v) is 13.2. The summed E-state index contributed by atoms with van der Waals surface area (Å²) >= 11 is 12.4. The van der Waals surface area contributed by atoms with Gasteiger partial charge >= 0.3 is 5.97 Å². The molecule has 0 spiro atoms. The summed E-state index contributed by atoms with van der Waals surface area (Å²) in [5.41, 5.74) is 2.70. The molecule has 6 heteroatoms. The van der Waals surface area contributed by atoms with Gasteiger partial charge in [-0.25, -0.2) is 0 Å². The number of aromatic nitrogens is 1. The Morgan fingerprint density at radius 1 is 1.32 bits per heavy atom. The molecule has 1 N–H and O–H groups in total. The fourth-order valence-electron chi connectivity index (χ4n) is 2.85. The van der Waals surface area contributed by atoms with Gasteiger partial charge in [-0.2, -0.15) is 0 Å². The Hall–Kier alpha value is -1.62. The van der Waals surface area contributed by atoms with Crippen LogP contribution in [0.25, 0.3) is 0 Å². The van der Waals surface area contributed by atoms with E-state index in [0.717, 1.165) is 17.5 Å². The third kappa shape index (κ3) is 2.82. The Morgan fingerprint density at radius 2 is 2.14 bits per heavy atom. The molecule has 1 aliphatic heterocycles. The van der Waals surface area contributed by atoms with E-state index in [1.807, 2.05) is 11.0 Å². The number of carbonyl (C=O) groups is 1. The number of halogens is 2. The summed E-state index contributed by atoms with van der Waals surface area (Å²) in [5, 5.41) is 10.6. The topological polar surface area (TPSA) is 53.4 Å². The molecule has 2 aromatic rings. The number of nitrogens with zero attached hydrogens (tertiary/aromatic N) is 2. The SMILES string of the molecule is O=C(O)C(c1cccnc1)N1CCc2ccc(Cl)c(Cl)c2C1. The molecular formula is C16H14Cl2N2O2. The standard InChI is InChI=1S/C16H14Cl2N2O2/c17-13-4-3-10-5-7-20(9-12(10)14(13)18)15(16(21)22)11-2-1-6-19-8-11/h1-4,6,8,15H,5,7,9H2,(H,21,22). The molecule has 1 atom stereocenters. The van der Waals surface area contributed by atoms with Crippen molar-refractivity contribution in [1.29, 1.82) is 0 Å². The molecule has 1 aliphatic rings. The molecular weight excluding hydrogens is 323 g/mol. The van der Waals surface area contributed by atoms with Crippen molar-refractivity contribution in [2.75, 3.05) is 6.54 Å². The molecule has 0 amide bonds. The van der Waals surface area contributed by atoms with Crippen molar-refractivity contribution >= 4 is 29.2 Å². The number of carboxylic acids is 1. The first-order chi connectivity index (χ1) is 10.6. The maximum atomic E-state index is 11.7. The van der Waals surface area contributed by atoms with Crippen LogP contribution in [0.1, 0.15) is 22.7 Å². The van der Waals surface area contributed by atoms with Gasteiger partial charge in [0.25, 0.3) is 0 Å². The van der Waals surface area contributed by atoms with E-state index in [-0.39, 0.29) is 0 Å². The predicted octanol–water partition coefficient (Wildman–Crippen LogP) is 3.57. The third-order valence-corrected chi connectivity index (χ3v) is 4.77. The molecule has 1 aromatic heterocycles. The molecule has 4 nitrogen and oxygen atoms in total. The molecule has 0 fully saturated rings. The predicted molar refractivity (Wildman–Crippen MR) is 85.2 cm³/mol. The van der Waals surface area contributed by atoms with Crippen molar-refractivity contribution in [3.05, 3.63) is 63.4 Å². The fourth-order valence-corrected chi connectivity index (χ4v) is 3.27. The number of hydrogen-bond acceptors (Lipinski definition) is 3. The highest BCUT2D eigenvalue weighted by atomic mass is 35.5. The normalized spacial score (nSPS) is 16.1. The van der Waals surface area contributed by atoms with Crippen molar-refractivity contribution in [3.8, 4) is 0 Å². The van der Waals surface area contributed by atoms with Crippen LogP contribution in [0.15, 0.2) is 36.7 Å². The van der Waals surface area contributed by atoms with E-state index < -0.39 is 12.0 Å². The Balaban J connectivity index is 1.95. The molecule has 0 bridgehead atoms. The minimum atomic E-state index is -0.894. The third-order valence-electron chi connectivity index (χ3n) is 3.92. The van der Waals surface area contributed by atoms with Crippen LogP contribution in [0.3, 0.4) is 0 Å². The van der Waals surface area contributed by atoms with Crippen molar-refractivity contribution in [2.24, 2.45) is 0 Å². The monoisotopic (exact) mass is 336 g/mol. The second kappa shape index (κ2) is 6.24. The largest absolute Gasteiger partial charge is 0.480 e. The van der Waals surface area contributed by atoms with E-state index in [0.29, 0.717) is 28.7 Å². The molecule has 1 aromatic carbocycles. The summed E-state index contributed by atoms with van der Waals surface area (Å²) < 4.78 is 0. The van der Waals surface area contributed by atoms with Gasteiger partial charge in [0.1, 0.15) is 6.04 Å². The van der Waals surface area contributed by atoms with E-state index in [1.54, 1.807) is 30.6 Å². The van der Waals surface area contributed by atoms with Gasteiger partial charge in [-0.3, -0.25) is 14.7 Å². The Morgan fingerprint density at radius 3 is 2.82 bits per heavy atom. The molecule has 22 heavy (non-hydrogen) atoms. The smallest absolute Gasteiger partial charge is 0.325 e. The van der Waals surface area contributed by atoms with Crippen LogP contribution in [-0.4, -0.2) is 27.5 Å². The van der Waals surface area contributed by atoms with Crippen molar-refractivity contribution in [1.82, 2.24) is 9.88 Å². The second-order valence-corrected chi connectivity index (χ2v) is 6.03. The molecule has 0 aliphatic carbocycles. The van der Waals surface area contributed by atoms with Crippen LogP contribution in [0.5, 0.6) is 0 Å². The summed E-state index contributed by atoms with van der Waals surface area (Å²) in [6.07, 6.45) is 3.97. The first-order valence-electron chi connectivity index (χ1n) is 6.90. The highest BCUT2D eigenvalue weighted by Gasteiger charge is 2.31. The van der Waals surface area contributed by atoms with Gasteiger partial charge in [0.05, 0.1) is 10.0 Å². The van der Waals surface area contributed by atoms with Crippen LogP contribution < -0.4 is 0 Å². The van der Waals surface area contributed by atoms with Crippen LogP contribution in [0.4, 0.5) is 0 Å². The van der Waals surface area contributed by atoms with Crippen molar-refractivity contribution < 1.29 is 9.90 Å². The first-order valence-corrected chi connectivity index (χ1v) is 7.66. The van der Waals surface area contributed by atoms with Gasteiger partial charge < -0.3 is 5.11 Å². The number of fused-ring (bicyclic) bond motifs is 1. The summed E-state index contributed by atoms with van der Waals surface area (Å²) in [4.78, 5) is 17.6. The molecule has 0 radical (unpaired) electrons. The quantitative estimate of drug-likeness (QED) is 0.930. The molecule has 1 unspecified atom stereocenters. The number of carboxylic acid groups (broad SMARTS) is 1. The molecule has 0 saturated carbocycles. The number of benzene rings is 1. The van der Waals surface area contributed by atoms with Crippen LogP contribution in [0, 0.1) is 0 Å². The highest BCUT2D eigenvalue weighted by molar-refractivity contribution is 6.42. The summed E-state index contributed by atoms with van der Waals surface area (Å²) in [6, 6.07) is 6.53. The van der Waals surface area contributed by atoms with Crippen LogP contribution >= 0.6 is 23.2 Å². The highest BCUT2D eigenvalue weighted by Crippen LogP contribution is 2.35. The zero-order valence-electron chi connectivity index (χ0n) is 11.7. The molecule has 2 heterocycles. The maximum Gasteiger partial charge on any atom is 0.325 e. The summed E-state index contributed by atoms with van der Waals surface area (Å²) in [6.45, 7) is 1.11.